The Morgan fingerprint density at radius 2 is 1.46 bits per heavy atom. The fourth-order valence-electron chi connectivity index (χ4n) is 4.42. The van der Waals surface area contributed by atoms with Crippen LogP contribution < -0.4 is 20.9 Å². The number of carbonyl (C=O) groups excluding carboxylic acids is 1. The summed E-state index contributed by atoms with van der Waals surface area (Å²) in [5.41, 5.74) is 1.56. The predicted octanol–water partition coefficient (Wildman–Crippen LogP) is 4.26. The van der Waals surface area contributed by atoms with Gasteiger partial charge in [0.15, 0.2) is 0 Å². The van der Waals surface area contributed by atoms with Gasteiger partial charge in [-0.1, -0.05) is 55.7 Å². The molecule has 39 heavy (non-hydrogen) atoms. The summed E-state index contributed by atoms with van der Waals surface area (Å²) in [6, 6.07) is 19.5. The summed E-state index contributed by atoms with van der Waals surface area (Å²) in [6.45, 7) is 2.82. The lowest BCUT2D eigenvalue weighted by Crippen LogP contribution is -2.35. The van der Waals surface area contributed by atoms with Crippen molar-refractivity contribution in [2.45, 2.75) is 38.1 Å². The Bertz CT molecular complexity index is 1130. The van der Waals surface area contributed by atoms with Crippen LogP contribution in [0.5, 0.6) is 0 Å². The number of nitrogens with one attached hydrogen (secondary N) is 3. The van der Waals surface area contributed by atoms with Gasteiger partial charge in [0, 0.05) is 37.4 Å². The molecule has 3 N–H and O–H groups in total. The molecule has 0 unspecified atom stereocenters. The zero-order valence-corrected chi connectivity index (χ0v) is 22.6. The Balaban J connectivity index is 1.18. The molecule has 1 fully saturated rings. The zero-order chi connectivity index (χ0) is 27.1. The van der Waals surface area contributed by atoms with Gasteiger partial charge in [0.05, 0.1) is 26.4 Å². The van der Waals surface area contributed by atoms with Crippen LogP contribution in [-0.4, -0.2) is 73.5 Å². The molecule has 10 nitrogen and oxygen atoms in total. The fourth-order valence-corrected chi connectivity index (χ4v) is 4.42. The summed E-state index contributed by atoms with van der Waals surface area (Å²) in [5.74, 6) is 1.57. The third-order valence-corrected chi connectivity index (χ3v) is 6.56. The average molecular weight is 534 g/mol. The van der Waals surface area contributed by atoms with E-state index in [9.17, 15) is 4.79 Å². The van der Waals surface area contributed by atoms with Gasteiger partial charge < -0.3 is 30.3 Å². The third-order valence-electron chi connectivity index (χ3n) is 6.56. The molecule has 1 aliphatic carbocycles. The lowest BCUT2D eigenvalue weighted by molar-refractivity contribution is 0.0519. The summed E-state index contributed by atoms with van der Waals surface area (Å²) >= 11 is 0. The summed E-state index contributed by atoms with van der Waals surface area (Å²) in [4.78, 5) is 28.1. The summed E-state index contributed by atoms with van der Waals surface area (Å²) in [6.07, 6.45) is 6.09. The standard InChI is InChI=1S/C29H39N7O3/c1-36(25-15-9-4-10-16-25)29-34-27(33-28(35-29)32-24-13-7-3-8-14-24)31-18-20-39-22-21-38-19-17-30-26(37)23-11-5-2-6-12-23/h2-3,5-8,11-14,25H,4,9-10,15-22H2,1H3,(H,30,37)(H2,31,32,33,34,35). The quantitative estimate of drug-likeness (QED) is 0.247. The molecule has 4 rings (SSSR count). The molecule has 208 valence electrons. The highest BCUT2D eigenvalue weighted by Crippen LogP contribution is 2.25. The second kappa shape index (κ2) is 15.6. The first-order valence-corrected chi connectivity index (χ1v) is 13.7. The van der Waals surface area contributed by atoms with Crippen molar-refractivity contribution in [2.24, 2.45) is 0 Å². The topological polar surface area (TPSA) is 114 Å². The number of benzene rings is 2. The molecule has 1 aliphatic rings. The highest BCUT2D eigenvalue weighted by atomic mass is 16.5. The molecule has 1 saturated carbocycles. The van der Waals surface area contributed by atoms with E-state index < -0.39 is 0 Å². The Morgan fingerprint density at radius 3 is 2.18 bits per heavy atom. The number of para-hydroxylation sites is 1. The van der Waals surface area contributed by atoms with Crippen LogP contribution >= 0.6 is 0 Å². The number of hydrogen-bond donors (Lipinski definition) is 3. The van der Waals surface area contributed by atoms with E-state index >= 15 is 0 Å². The number of rotatable bonds is 15. The molecule has 10 heteroatoms. The van der Waals surface area contributed by atoms with Gasteiger partial charge in [-0.15, -0.1) is 0 Å². The molecule has 1 heterocycles. The van der Waals surface area contributed by atoms with E-state index in [4.69, 9.17) is 19.4 Å². The molecule has 2 aromatic carbocycles. The molecule has 3 aromatic rings. The van der Waals surface area contributed by atoms with E-state index in [1.165, 1.54) is 19.3 Å². The average Bonchev–Trinajstić information content (AvgIpc) is 2.99. The SMILES string of the molecule is CN(c1nc(NCCOCCOCCNC(=O)c2ccccc2)nc(Nc2ccccc2)n1)C1CCCCC1. The minimum Gasteiger partial charge on any atom is -0.377 e. The maximum absolute atomic E-state index is 12.0. The maximum Gasteiger partial charge on any atom is 0.251 e. The Labute approximate surface area is 230 Å². The van der Waals surface area contributed by atoms with Gasteiger partial charge in [-0.3, -0.25) is 4.79 Å². The first-order valence-electron chi connectivity index (χ1n) is 13.7. The molecule has 0 spiro atoms. The maximum atomic E-state index is 12.0. The lowest BCUT2D eigenvalue weighted by atomic mass is 9.95. The number of ether oxygens (including phenoxy) is 2. The van der Waals surface area contributed by atoms with Crippen LogP contribution in [0.15, 0.2) is 60.7 Å². The molecule has 0 atom stereocenters. The second-order valence-corrected chi connectivity index (χ2v) is 9.45. The van der Waals surface area contributed by atoms with E-state index in [0.29, 0.717) is 69.0 Å². The molecular weight excluding hydrogens is 494 g/mol. The first-order chi connectivity index (χ1) is 19.2. The van der Waals surface area contributed by atoms with Crippen molar-refractivity contribution in [2.75, 3.05) is 62.1 Å². The van der Waals surface area contributed by atoms with Crippen LogP contribution in [0.25, 0.3) is 0 Å². The van der Waals surface area contributed by atoms with Crippen molar-refractivity contribution in [1.29, 1.82) is 0 Å². The molecule has 0 radical (unpaired) electrons. The fraction of sp³-hybridized carbons (Fsp3) is 0.448. The van der Waals surface area contributed by atoms with Crippen molar-refractivity contribution in [3.8, 4) is 0 Å². The Kier molecular flexibility index (Phi) is 11.3. The predicted molar refractivity (Wildman–Crippen MR) is 154 cm³/mol. The van der Waals surface area contributed by atoms with Gasteiger partial charge in [0.25, 0.3) is 5.91 Å². The number of amides is 1. The van der Waals surface area contributed by atoms with Crippen LogP contribution in [0.4, 0.5) is 23.5 Å². The van der Waals surface area contributed by atoms with Crippen molar-refractivity contribution >= 4 is 29.4 Å². The van der Waals surface area contributed by atoms with Crippen molar-refractivity contribution < 1.29 is 14.3 Å². The minimum absolute atomic E-state index is 0.102. The van der Waals surface area contributed by atoms with Crippen LogP contribution in [0.2, 0.25) is 0 Å². The largest absolute Gasteiger partial charge is 0.377 e. The van der Waals surface area contributed by atoms with E-state index in [0.717, 1.165) is 18.5 Å². The highest BCUT2D eigenvalue weighted by Gasteiger charge is 2.21. The van der Waals surface area contributed by atoms with Gasteiger partial charge in [-0.2, -0.15) is 15.0 Å². The minimum atomic E-state index is -0.102. The number of nitrogens with zero attached hydrogens (tertiary/aromatic N) is 4. The number of carbonyl (C=O) groups is 1. The molecule has 1 aromatic heterocycles. The van der Waals surface area contributed by atoms with Crippen LogP contribution in [-0.2, 0) is 9.47 Å². The second-order valence-electron chi connectivity index (χ2n) is 9.45. The van der Waals surface area contributed by atoms with E-state index in [2.05, 4.69) is 32.9 Å². The summed E-state index contributed by atoms with van der Waals surface area (Å²) in [7, 11) is 2.07. The van der Waals surface area contributed by atoms with Gasteiger partial charge in [-0.05, 0) is 37.1 Å². The van der Waals surface area contributed by atoms with Crippen molar-refractivity contribution in [3.63, 3.8) is 0 Å². The molecule has 1 amide bonds. The molecule has 0 aliphatic heterocycles. The Morgan fingerprint density at radius 1 is 0.821 bits per heavy atom. The lowest BCUT2D eigenvalue weighted by Gasteiger charge is -2.31. The molecule has 0 bridgehead atoms. The van der Waals surface area contributed by atoms with Crippen LogP contribution in [0.1, 0.15) is 42.5 Å². The van der Waals surface area contributed by atoms with Gasteiger partial charge in [-0.25, -0.2) is 0 Å². The molecular formula is C29H39N7O3. The van der Waals surface area contributed by atoms with Gasteiger partial charge in [0.2, 0.25) is 17.8 Å². The van der Waals surface area contributed by atoms with Crippen molar-refractivity contribution in [3.05, 3.63) is 66.2 Å². The first kappa shape index (κ1) is 28.3. The van der Waals surface area contributed by atoms with E-state index in [1.54, 1.807) is 12.1 Å². The zero-order valence-electron chi connectivity index (χ0n) is 22.6. The number of aromatic nitrogens is 3. The van der Waals surface area contributed by atoms with Crippen LogP contribution in [0, 0.1) is 0 Å². The van der Waals surface area contributed by atoms with E-state index in [1.807, 2.05) is 48.5 Å². The van der Waals surface area contributed by atoms with Crippen LogP contribution in [0.3, 0.4) is 0 Å². The normalized spacial score (nSPS) is 13.6. The smallest absolute Gasteiger partial charge is 0.251 e. The Hall–Kier alpha value is -3.76. The third kappa shape index (κ3) is 9.49. The summed E-state index contributed by atoms with van der Waals surface area (Å²) < 4.78 is 11.2. The van der Waals surface area contributed by atoms with Gasteiger partial charge >= 0.3 is 0 Å². The number of anilines is 4. The van der Waals surface area contributed by atoms with E-state index in [-0.39, 0.29) is 5.91 Å². The number of hydrogen-bond acceptors (Lipinski definition) is 9. The molecule has 0 saturated heterocycles. The monoisotopic (exact) mass is 533 g/mol. The summed E-state index contributed by atoms with van der Waals surface area (Å²) in [5, 5.41) is 9.40. The highest BCUT2D eigenvalue weighted by molar-refractivity contribution is 5.94. The van der Waals surface area contributed by atoms with Crippen molar-refractivity contribution in [1.82, 2.24) is 20.3 Å². The van der Waals surface area contributed by atoms with Gasteiger partial charge in [0.1, 0.15) is 0 Å².